The quantitative estimate of drug-likeness (QED) is 0.242. The van der Waals surface area contributed by atoms with Gasteiger partial charge < -0.3 is 4.57 Å². The molecule has 0 spiro atoms. The molecule has 0 aliphatic rings. The lowest BCUT2D eigenvalue weighted by Gasteiger charge is -2.19. The van der Waals surface area contributed by atoms with Crippen molar-refractivity contribution in [2.75, 3.05) is 6.26 Å². The molecule has 34 heavy (non-hydrogen) atoms. The smallest absolute Gasteiger partial charge is 0.309 e. The molecule has 0 bridgehead atoms. The standard InChI is InChI=1S/C25H19BrF3NO3S/c1-34(31,32)33-16-17-5-4-6-19(15-17)23-14-13-22(18-9-11-20(26)12-10-18)30(23)24-8-3-2-7-21(24)25(27,28)29/h2-15H,16H2,1H3. The fourth-order valence-electron chi connectivity index (χ4n) is 3.67. The van der Waals surface area contributed by atoms with Gasteiger partial charge in [-0.15, -0.1) is 0 Å². The van der Waals surface area contributed by atoms with Crippen LogP contribution in [0, 0.1) is 0 Å². The fraction of sp³-hybridized carbons (Fsp3) is 0.120. The second kappa shape index (κ2) is 9.40. The molecule has 0 saturated carbocycles. The van der Waals surface area contributed by atoms with Crippen molar-refractivity contribution in [2.45, 2.75) is 12.8 Å². The minimum absolute atomic E-state index is 0.00860. The highest BCUT2D eigenvalue weighted by Crippen LogP contribution is 2.39. The predicted octanol–water partition coefficient (Wildman–Crippen LogP) is 7.07. The molecular weight excluding hydrogens is 531 g/mol. The summed E-state index contributed by atoms with van der Waals surface area (Å²) in [5.41, 5.74) is 2.27. The molecule has 0 aliphatic heterocycles. The number of nitrogens with zero attached hydrogens (tertiary/aromatic N) is 1. The van der Waals surface area contributed by atoms with E-state index in [1.54, 1.807) is 47.0 Å². The van der Waals surface area contributed by atoms with Crippen LogP contribution in [-0.4, -0.2) is 19.2 Å². The highest BCUT2D eigenvalue weighted by molar-refractivity contribution is 9.10. The summed E-state index contributed by atoms with van der Waals surface area (Å²) >= 11 is 3.39. The van der Waals surface area contributed by atoms with E-state index in [2.05, 4.69) is 15.9 Å². The van der Waals surface area contributed by atoms with Gasteiger partial charge in [0.05, 0.1) is 35.5 Å². The van der Waals surface area contributed by atoms with Gasteiger partial charge in [-0.2, -0.15) is 21.6 Å². The Hall–Kier alpha value is -2.88. The summed E-state index contributed by atoms with van der Waals surface area (Å²) in [6.07, 6.45) is -3.60. The van der Waals surface area contributed by atoms with Gasteiger partial charge in [0.2, 0.25) is 0 Å². The lowest BCUT2D eigenvalue weighted by atomic mass is 10.1. The van der Waals surface area contributed by atoms with E-state index < -0.39 is 21.9 Å². The fourth-order valence-corrected chi connectivity index (χ4v) is 4.29. The first-order chi connectivity index (χ1) is 16.0. The maximum atomic E-state index is 13.9. The molecule has 4 rings (SSSR count). The monoisotopic (exact) mass is 549 g/mol. The number of hydrogen-bond donors (Lipinski definition) is 0. The molecule has 0 radical (unpaired) electrons. The van der Waals surface area contributed by atoms with Crippen molar-refractivity contribution in [3.05, 3.63) is 101 Å². The molecule has 0 N–H and O–H groups in total. The number of hydrogen-bond acceptors (Lipinski definition) is 3. The minimum Gasteiger partial charge on any atom is -0.309 e. The Balaban J connectivity index is 1.92. The Morgan fingerprint density at radius 1 is 0.853 bits per heavy atom. The number of aromatic nitrogens is 1. The third kappa shape index (κ3) is 5.43. The van der Waals surface area contributed by atoms with Crippen molar-refractivity contribution in [1.82, 2.24) is 4.57 Å². The maximum Gasteiger partial charge on any atom is 0.418 e. The van der Waals surface area contributed by atoms with E-state index in [9.17, 15) is 21.6 Å². The van der Waals surface area contributed by atoms with E-state index >= 15 is 0 Å². The summed E-state index contributed by atoms with van der Waals surface area (Å²) in [4.78, 5) is 0. The van der Waals surface area contributed by atoms with E-state index in [0.29, 0.717) is 22.5 Å². The van der Waals surface area contributed by atoms with Gasteiger partial charge >= 0.3 is 6.18 Å². The highest BCUT2D eigenvalue weighted by atomic mass is 79.9. The van der Waals surface area contributed by atoms with Crippen LogP contribution in [0.4, 0.5) is 13.2 Å². The Morgan fingerprint density at radius 3 is 2.15 bits per heavy atom. The van der Waals surface area contributed by atoms with Gasteiger partial charge in [-0.05, 0) is 59.2 Å². The van der Waals surface area contributed by atoms with Crippen molar-refractivity contribution in [3.8, 4) is 28.2 Å². The van der Waals surface area contributed by atoms with Crippen LogP contribution >= 0.6 is 15.9 Å². The third-order valence-corrected chi connectivity index (χ3v) is 6.21. The lowest BCUT2D eigenvalue weighted by molar-refractivity contribution is -0.137. The van der Waals surface area contributed by atoms with Crippen molar-refractivity contribution < 1.29 is 25.8 Å². The molecule has 0 aliphatic carbocycles. The zero-order valence-electron chi connectivity index (χ0n) is 17.9. The summed E-state index contributed by atoms with van der Waals surface area (Å²) < 4.78 is 71.9. The zero-order chi connectivity index (χ0) is 24.5. The third-order valence-electron chi connectivity index (χ3n) is 5.13. The van der Waals surface area contributed by atoms with E-state index in [0.717, 1.165) is 22.4 Å². The van der Waals surface area contributed by atoms with Gasteiger partial charge in [-0.25, -0.2) is 0 Å². The zero-order valence-corrected chi connectivity index (χ0v) is 20.3. The Morgan fingerprint density at radius 2 is 1.50 bits per heavy atom. The van der Waals surface area contributed by atoms with Gasteiger partial charge in [0.15, 0.2) is 0 Å². The van der Waals surface area contributed by atoms with Crippen LogP contribution in [0.3, 0.4) is 0 Å². The lowest BCUT2D eigenvalue weighted by Crippen LogP contribution is -2.12. The van der Waals surface area contributed by atoms with E-state index in [4.69, 9.17) is 4.18 Å². The molecule has 9 heteroatoms. The number of para-hydroxylation sites is 1. The van der Waals surface area contributed by atoms with E-state index in [1.807, 2.05) is 24.3 Å². The topological polar surface area (TPSA) is 48.3 Å². The molecule has 0 fully saturated rings. The largest absolute Gasteiger partial charge is 0.418 e. The molecule has 0 amide bonds. The molecule has 176 valence electrons. The van der Waals surface area contributed by atoms with Gasteiger partial charge in [-0.3, -0.25) is 4.18 Å². The van der Waals surface area contributed by atoms with Crippen molar-refractivity contribution in [1.29, 1.82) is 0 Å². The summed E-state index contributed by atoms with van der Waals surface area (Å²) in [5.74, 6) is 0. The highest BCUT2D eigenvalue weighted by Gasteiger charge is 2.34. The van der Waals surface area contributed by atoms with Crippen molar-refractivity contribution >= 4 is 26.0 Å². The Labute approximate surface area is 203 Å². The number of halogens is 4. The van der Waals surface area contributed by atoms with E-state index in [-0.39, 0.29) is 12.3 Å². The van der Waals surface area contributed by atoms with Crippen molar-refractivity contribution in [2.24, 2.45) is 0 Å². The van der Waals surface area contributed by atoms with Crippen LogP contribution in [0.1, 0.15) is 11.1 Å². The molecule has 0 unspecified atom stereocenters. The molecule has 3 aromatic carbocycles. The predicted molar refractivity (Wildman–Crippen MR) is 129 cm³/mol. The molecule has 1 heterocycles. The minimum atomic E-state index is -4.56. The van der Waals surface area contributed by atoms with Crippen LogP contribution in [0.25, 0.3) is 28.2 Å². The first-order valence-corrected chi connectivity index (χ1v) is 12.7. The van der Waals surface area contributed by atoms with Crippen LogP contribution in [0.15, 0.2) is 89.4 Å². The summed E-state index contributed by atoms with van der Waals surface area (Å²) in [6, 6.07) is 23.1. The van der Waals surface area contributed by atoms with Gasteiger partial charge in [0, 0.05) is 4.47 Å². The van der Waals surface area contributed by atoms with Gasteiger partial charge in [-0.1, -0.05) is 58.4 Å². The van der Waals surface area contributed by atoms with Crippen LogP contribution < -0.4 is 0 Å². The Kier molecular flexibility index (Phi) is 6.71. The SMILES string of the molecule is CS(=O)(=O)OCc1cccc(-c2ccc(-c3ccc(Br)cc3)n2-c2ccccc2C(F)(F)F)c1. The Bertz CT molecular complexity index is 1430. The number of benzene rings is 3. The van der Waals surface area contributed by atoms with Gasteiger partial charge in [0.1, 0.15) is 0 Å². The van der Waals surface area contributed by atoms with E-state index in [1.165, 1.54) is 12.1 Å². The average Bonchev–Trinajstić information content (AvgIpc) is 3.22. The summed E-state index contributed by atoms with van der Waals surface area (Å²) in [6.45, 7) is -0.175. The summed E-state index contributed by atoms with van der Waals surface area (Å²) in [5, 5.41) is 0. The number of rotatable bonds is 6. The summed E-state index contributed by atoms with van der Waals surface area (Å²) in [7, 11) is -3.64. The normalized spacial score (nSPS) is 12.1. The molecule has 0 atom stereocenters. The second-order valence-electron chi connectivity index (χ2n) is 7.63. The molecule has 1 aromatic heterocycles. The van der Waals surface area contributed by atoms with Crippen LogP contribution in [0.5, 0.6) is 0 Å². The van der Waals surface area contributed by atoms with Crippen LogP contribution in [-0.2, 0) is 27.1 Å². The van der Waals surface area contributed by atoms with Crippen molar-refractivity contribution in [3.63, 3.8) is 0 Å². The first-order valence-electron chi connectivity index (χ1n) is 10.1. The van der Waals surface area contributed by atoms with Crippen LogP contribution in [0.2, 0.25) is 0 Å². The average molecular weight is 550 g/mol. The second-order valence-corrected chi connectivity index (χ2v) is 10.2. The maximum absolute atomic E-state index is 13.9. The number of alkyl halides is 3. The molecular formula is C25H19BrF3NO3S. The molecule has 4 nitrogen and oxygen atoms in total. The first kappa shape index (κ1) is 24.3. The molecule has 4 aromatic rings. The van der Waals surface area contributed by atoms with Gasteiger partial charge in [0.25, 0.3) is 10.1 Å². The molecule has 0 saturated heterocycles.